The van der Waals surface area contributed by atoms with Crippen LogP contribution in [-0.4, -0.2) is 5.11 Å². The van der Waals surface area contributed by atoms with Crippen LogP contribution in [0, 0.1) is 0 Å². The minimum Gasteiger partial charge on any atom is -0.488 e. The van der Waals surface area contributed by atoms with Crippen molar-refractivity contribution in [1.29, 1.82) is 0 Å². The lowest BCUT2D eigenvalue weighted by Crippen LogP contribution is -2.01. The lowest BCUT2D eigenvalue weighted by molar-refractivity contribution is 0.191. The molecule has 0 fully saturated rings. The molecule has 0 aliphatic carbocycles. The Morgan fingerprint density at radius 2 is 2.00 bits per heavy atom. The van der Waals surface area contributed by atoms with Crippen molar-refractivity contribution in [3.05, 3.63) is 64.4 Å². The van der Waals surface area contributed by atoms with E-state index in [1.165, 1.54) is 0 Å². The zero-order valence-corrected chi connectivity index (χ0v) is 12.1. The first-order chi connectivity index (χ1) is 9.75. The lowest BCUT2D eigenvalue weighted by atomic mass is 10.0. The predicted octanol–water partition coefficient (Wildman–Crippen LogP) is 4.53. The molecule has 0 aliphatic heterocycles. The van der Waals surface area contributed by atoms with Crippen molar-refractivity contribution in [2.75, 3.05) is 0 Å². The summed E-state index contributed by atoms with van der Waals surface area (Å²) in [5, 5.41) is 16.2. The molecule has 0 saturated heterocycles. The maximum Gasteiger partial charge on any atom is 0.133 e. The molecule has 3 rings (SSSR count). The van der Waals surface area contributed by atoms with Gasteiger partial charge in [0.1, 0.15) is 12.4 Å². The highest BCUT2D eigenvalue weighted by atomic mass is 32.1. The molecule has 0 spiro atoms. The molecule has 2 nitrogen and oxygen atoms in total. The second-order valence-electron chi connectivity index (χ2n) is 4.80. The van der Waals surface area contributed by atoms with E-state index >= 15 is 0 Å². The Kier molecular flexibility index (Phi) is 3.72. The van der Waals surface area contributed by atoms with Gasteiger partial charge in [-0.05, 0) is 34.7 Å². The Labute approximate surface area is 122 Å². The monoisotopic (exact) mass is 284 g/mol. The smallest absolute Gasteiger partial charge is 0.133 e. The molecular formula is C17H16O2S. The van der Waals surface area contributed by atoms with Crippen LogP contribution in [0.15, 0.2) is 53.2 Å². The first kappa shape index (κ1) is 13.2. The summed E-state index contributed by atoms with van der Waals surface area (Å²) >= 11 is 1.66. The molecule has 3 heteroatoms. The molecular weight excluding hydrogens is 268 g/mol. The van der Waals surface area contributed by atoms with E-state index in [1.807, 2.05) is 35.7 Å². The number of fused-ring (bicyclic) bond motifs is 1. The fourth-order valence-corrected chi connectivity index (χ4v) is 2.93. The summed E-state index contributed by atoms with van der Waals surface area (Å²) in [5.74, 6) is 0.782. The van der Waals surface area contributed by atoms with E-state index in [9.17, 15) is 5.11 Å². The first-order valence-electron chi connectivity index (χ1n) is 6.59. The third kappa shape index (κ3) is 2.55. The molecule has 1 N–H and O–H groups in total. The van der Waals surface area contributed by atoms with E-state index in [2.05, 4.69) is 17.5 Å². The van der Waals surface area contributed by atoms with Gasteiger partial charge >= 0.3 is 0 Å². The second kappa shape index (κ2) is 5.65. The van der Waals surface area contributed by atoms with Gasteiger partial charge in [0.05, 0.1) is 6.10 Å². The van der Waals surface area contributed by atoms with E-state index in [-0.39, 0.29) is 0 Å². The molecule has 0 saturated carbocycles. The first-order valence-corrected chi connectivity index (χ1v) is 7.53. The maximum absolute atomic E-state index is 9.94. The highest BCUT2D eigenvalue weighted by Crippen LogP contribution is 2.34. The van der Waals surface area contributed by atoms with Crippen LogP contribution in [0.4, 0.5) is 0 Å². The van der Waals surface area contributed by atoms with Crippen molar-refractivity contribution < 1.29 is 9.84 Å². The van der Waals surface area contributed by atoms with Crippen LogP contribution in [0.5, 0.6) is 5.75 Å². The topological polar surface area (TPSA) is 29.5 Å². The number of aliphatic hydroxyl groups is 1. The van der Waals surface area contributed by atoms with Crippen molar-refractivity contribution in [2.45, 2.75) is 19.6 Å². The summed E-state index contributed by atoms with van der Waals surface area (Å²) in [6.07, 6.45) is -0.544. The number of rotatable bonds is 4. The number of hydrogen-bond donors (Lipinski definition) is 1. The van der Waals surface area contributed by atoms with Crippen LogP contribution < -0.4 is 4.74 Å². The van der Waals surface area contributed by atoms with Crippen LogP contribution in [0.1, 0.15) is 24.2 Å². The Bertz CT molecular complexity index is 702. The molecule has 0 bridgehead atoms. The van der Waals surface area contributed by atoms with E-state index in [4.69, 9.17) is 4.74 Å². The number of thiophene rings is 1. The largest absolute Gasteiger partial charge is 0.488 e. The van der Waals surface area contributed by atoms with Gasteiger partial charge in [-0.2, -0.15) is 11.3 Å². The van der Waals surface area contributed by atoms with Gasteiger partial charge in [0, 0.05) is 10.9 Å². The van der Waals surface area contributed by atoms with Crippen molar-refractivity contribution in [1.82, 2.24) is 0 Å². The highest BCUT2D eigenvalue weighted by molar-refractivity contribution is 7.07. The summed E-state index contributed by atoms with van der Waals surface area (Å²) in [7, 11) is 0. The predicted molar refractivity (Wildman–Crippen MR) is 83.2 cm³/mol. The van der Waals surface area contributed by atoms with E-state index < -0.39 is 6.10 Å². The van der Waals surface area contributed by atoms with Crippen molar-refractivity contribution in [2.24, 2.45) is 0 Å². The van der Waals surface area contributed by atoms with Gasteiger partial charge in [0.25, 0.3) is 0 Å². The van der Waals surface area contributed by atoms with Gasteiger partial charge in [-0.3, -0.25) is 0 Å². The molecule has 1 atom stereocenters. The summed E-state index contributed by atoms with van der Waals surface area (Å²) in [4.78, 5) is 0. The molecule has 1 heterocycles. The Morgan fingerprint density at radius 3 is 2.75 bits per heavy atom. The Morgan fingerprint density at radius 1 is 1.15 bits per heavy atom. The van der Waals surface area contributed by atoms with Crippen molar-refractivity contribution >= 4 is 22.1 Å². The number of aliphatic hydroxyl groups excluding tert-OH is 1. The van der Waals surface area contributed by atoms with Gasteiger partial charge in [-0.25, -0.2) is 0 Å². The zero-order chi connectivity index (χ0) is 13.9. The van der Waals surface area contributed by atoms with Gasteiger partial charge in [0.2, 0.25) is 0 Å². The van der Waals surface area contributed by atoms with Crippen LogP contribution >= 0.6 is 11.3 Å². The zero-order valence-electron chi connectivity index (χ0n) is 11.2. The number of ether oxygens (including phenoxy) is 1. The third-order valence-electron chi connectivity index (χ3n) is 3.32. The van der Waals surface area contributed by atoms with Gasteiger partial charge in [-0.15, -0.1) is 0 Å². The molecule has 0 aliphatic rings. The van der Waals surface area contributed by atoms with E-state index in [1.54, 1.807) is 18.3 Å². The van der Waals surface area contributed by atoms with E-state index in [0.717, 1.165) is 27.6 Å². The van der Waals surface area contributed by atoms with Gasteiger partial charge < -0.3 is 9.84 Å². The van der Waals surface area contributed by atoms with Crippen LogP contribution in [-0.2, 0) is 6.61 Å². The summed E-state index contributed by atoms with van der Waals surface area (Å²) < 4.78 is 6.00. The molecule has 0 amide bonds. The minimum absolute atomic E-state index is 0.525. The highest BCUT2D eigenvalue weighted by Gasteiger charge is 2.13. The number of benzene rings is 2. The Balaban J connectivity index is 2.03. The molecule has 0 unspecified atom stereocenters. The summed E-state index contributed by atoms with van der Waals surface area (Å²) in [5.41, 5.74) is 1.98. The third-order valence-corrected chi connectivity index (χ3v) is 4.06. The lowest BCUT2D eigenvalue weighted by Gasteiger charge is -2.16. The molecule has 20 heavy (non-hydrogen) atoms. The van der Waals surface area contributed by atoms with Gasteiger partial charge in [-0.1, -0.05) is 36.4 Å². The SMILES string of the molecule is C[C@H](O)c1ccc2ccccc2c1OCc1ccsc1. The second-order valence-corrected chi connectivity index (χ2v) is 5.58. The Hall–Kier alpha value is -1.84. The fourth-order valence-electron chi connectivity index (χ4n) is 2.28. The quantitative estimate of drug-likeness (QED) is 0.762. The molecule has 102 valence electrons. The summed E-state index contributed by atoms with van der Waals surface area (Å²) in [6.45, 7) is 2.29. The van der Waals surface area contributed by atoms with Gasteiger partial charge in [0.15, 0.2) is 0 Å². The normalized spacial score (nSPS) is 12.5. The molecule has 2 aromatic carbocycles. The number of hydrogen-bond acceptors (Lipinski definition) is 3. The minimum atomic E-state index is -0.544. The molecule has 1 aromatic heterocycles. The van der Waals surface area contributed by atoms with Crippen LogP contribution in [0.3, 0.4) is 0 Å². The van der Waals surface area contributed by atoms with Crippen LogP contribution in [0.25, 0.3) is 10.8 Å². The molecule has 0 radical (unpaired) electrons. The van der Waals surface area contributed by atoms with Crippen molar-refractivity contribution in [3.63, 3.8) is 0 Å². The van der Waals surface area contributed by atoms with Crippen LogP contribution in [0.2, 0.25) is 0 Å². The fraction of sp³-hybridized carbons (Fsp3) is 0.176. The summed E-state index contributed by atoms with van der Waals surface area (Å²) in [6, 6.07) is 14.1. The average molecular weight is 284 g/mol. The maximum atomic E-state index is 9.94. The van der Waals surface area contributed by atoms with Crippen molar-refractivity contribution in [3.8, 4) is 5.75 Å². The molecule has 3 aromatic rings. The average Bonchev–Trinajstić information content (AvgIpc) is 2.97. The standard InChI is InChI=1S/C17H16O2S/c1-12(18)15-7-6-14-4-2-3-5-16(14)17(15)19-10-13-8-9-20-11-13/h2-9,11-12,18H,10H2,1H3/t12-/m0/s1. The van der Waals surface area contributed by atoms with E-state index in [0.29, 0.717) is 6.61 Å².